The molecule has 0 bridgehead atoms. The Morgan fingerprint density at radius 2 is 1.84 bits per heavy atom. The molecule has 31 heavy (non-hydrogen) atoms. The van der Waals surface area contributed by atoms with Gasteiger partial charge in [-0.15, -0.1) is 0 Å². The number of primary amides is 1. The highest BCUT2D eigenvalue weighted by atomic mass is 19.4. The predicted octanol–water partition coefficient (Wildman–Crippen LogP) is 3.77. The van der Waals surface area contributed by atoms with Crippen molar-refractivity contribution in [2.75, 3.05) is 0 Å². The van der Waals surface area contributed by atoms with Crippen molar-refractivity contribution < 1.29 is 27.1 Å². The van der Waals surface area contributed by atoms with Crippen LogP contribution >= 0.6 is 0 Å². The summed E-state index contributed by atoms with van der Waals surface area (Å²) in [6, 6.07) is 5.83. The van der Waals surface area contributed by atoms with Gasteiger partial charge >= 0.3 is 6.18 Å². The Labute approximate surface area is 174 Å². The van der Waals surface area contributed by atoms with E-state index in [1.807, 2.05) is 13.8 Å². The van der Waals surface area contributed by atoms with Crippen LogP contribution < -0.4 is 10.5 Å². The summed E-state index contributed by atoms with van der Waals surface area (Å²) < 4.78 is 60.0. The second kappa shape index (κ2) is 8.70. The molecule has 3 rings (SSSR count). The molecule has 1 amide bonds. The lowest BCUT2D eigenvalue weighted by molar-refractivity contribution is -0.137. The van der Waals surface area contributed by atoms with E-state index >= 15 is 4.39 Å². The van der Waals surface area contributed by atoms with E-state index in [9.17, 15) is 18.0 Å². The van der Waals surface area contributed by atoms with Gasteiger partial charge in [0.25, 0.3) is 11.8 Å². The fraction of sp³-hybridized carbons (Fsp3) is 0.300. The third-order valence-corrected chi connectivity index (χ3v) is 4.35. The van der Waals surface area contributed by atoms with Crippen LogP contribution in [0.4, 0.5) is 17.6 Å². The maximum atomic E-state index is 15.1. The fourth-order valence-electron chi connectivity index (χ4n) is 2.88. The largest absolute Gasteiger partial charge is 0.462 e. The first-order valence-corrected chi connectivity index (χ1v) is 9.26. The van der Waals surface area contributed by atoms with Crippen LogP contribution in [0, 0.1) is 11.7 Å². The molecular formula is C20H19F4N5O2. The zero-order valence-electron chi connectivity index (χ0n) is 16.6. The van der Waals surface area contributed by atoms with E-state index in [0.29, 0.717) is 11.3 Å². The summed E-state index contributed by atoms with van der Waals surface area (Å²) >= 11 is 0. The minimum absolute atomic E-state index is 0.0549. The fourth-order valence-corrected chi connectivity index (χ4v) is 2.88. The molecule has 11 heteroatoms. The van der Waals surface area contributed by atoms with E-state index in [0.717, 1.165) is 23.1 Å². The standard InChI is InChI=1S/C20H19F4N5O2/c1-11(2)9-15(17(25)30)31-19-16(21)18(26-10-27-19)29-14(7-8-28-29)12-3-5-13(6-4-12)20(22,23)24/h3-8,10-11,15H,9H2,1-2H3,(H2,25,30). The lowest BCUT2D eigenvalue weighted by Crippen LogP contribution is -2.35. The minimum Gasteiger partial charge on any atom is -0.462 e. The Hall–Kier alpha value is -3.50. The monoisotopic (exact) mass is 437 g/mol. The molecular weight excluding hydrogens is 418 g/mol. The second-order valence-electron chi connectivity index (χ2n) is 7.16. The topological polar surface area (TPSA) is 95.9 Å². The van der Waals surface area contributed by atoms with Crippen LogP contribution in [0.2, 0.25) is 0 Å². The molecule has 2 N–H and O–H groups in total. The Kier molecular flexibility index (Phi) is 6.23. The van der Waals surface area contributed by atoms with E-state index in [2.05, 4.69) is 15.1 Å². The SMILES string of the molecule is CC(C)CC(Oc1ncnc(-n2nccc2-c2ccc(C(F)(F)F)cc2)c1F)C(N)=O. The molecule has 164 valence electrons. The van der Waals surface area contributed by atoms with Gasteiger partial charge < -0.3 is 10.5 Å². The second-order valence-corrected chi connectivity index (χ2v) is 7.16. The van der Waals surface area contributed by atoms with Gasteiger partial charge in [0.15, 0.2) is 11.9 Å². The number of halogens is 4. The van der Waals surface area contributed by atoms with Crippen molar-refractivity contribution in [3.05, 3.63) is 54.2 Å². The molecule has 0 saturated heterocycles. The number of alkyl halides is 3. The number of rotatable bonds is 7. The first kappa shape index (κ1) is 22.2. The van der Waals surface area contributed by atoms with Crippen molar-refractivity contribution in [1.82, 2.24) is 19.7 Å². The van der Waals surface area contributed by atoms with Gasteiger partial charge in [-0.25, -0.2) is 9.67 Å². The van der Waals surface area contributed by atoms with Gasteiger partial charge in [0, 0.05) is 5.56 Å². The maximum absolute atomic E-state index is 15.1. The van der Waals surface area contributed by atoms with Crippen LogP contribution in [0.1, 0.15) is 25.8 Å². The number of ether oxygens (including phenoxy) is 1. The summed E-state index contributed by atoms with van der Waals surface area (Å²) in [5.41, 5.74) is 5.18. The number of carbonyl (C=O) groups is 1. The van der Waals surface area contributed by atoms with Crippen LogP contribution in [-0.2, 0) is 11.0 Å². The molecule has 2 aromatic heterocycles. The highest BCUT2D eigenvalue weighted by molar-refractivity contribution is 5.79. The lowest BCUT2D eigenvalue weighted by Gasteiger charge is -2.18. The van der Waals surface area contributed by atoms with E-state index in [1.165, 1.54) is 24.4 Å². The lowest BCUT2D eigenvalue weighted by atomic mass is 10.1. The van der Waals surface area contributed by atoms with E-state index in [4.69, 9.17) is 10.5 Å². The molecule has 1 unspecified atom stereocenters. The van der Waals surface area contributed by atoms with Crippen LogP contribution in [0.25, 0.3) is 17.1 Å². The Morgan fingerprint density at radius 1 is 1.16 bits per heavy atom. The Morgan fingerprint density at radius 3 is 2.42 bits per heavy atom. The third kappa shape index (κ3) is 4.98. The van der Waals surface area contributed by atoms with Crippen molar-refractivity contribution in [2.45, 2.75) is 32.5 Å². The van der Waals surface area contributed by atoms with Gasteiger partial charge in [0.05, 0.1) is 17.5 Å². The summed E-state index contributed by atoms with van der Waals surface area (Å²) in [7, 11) is 0. The number of nitrogens with two attached hydrogens (primary N) is 1. The number of nitrogens with zero attached hydrogens (tertiary/aromatic N) is 4. The van der Waals surface area contributed by atoms with Crippen LogP contribution in [-0.4, -0.2) is 31.8 Å². The molecule has 2 heterocycles. The third-order valence-electron chi connectivity index (χ3n) is 4.35. The zero-order valence-corrected chi connectivity index (χ0v) is 16.6. The van der Waals surface area contributed by atoms with Crippen molar-refractivity contribution in [2.24, 2.45) is 11.7 Å². The molecule has 1 atom stereocenters. The molecule has 0 spiro atoms. The first-order valence-electron chi connectivity index (χ1n) is 9.26. The number of hydrogen-bond donors (Lipinski definition) is 1. The Bertz CT molecular complexity index is 1060. The minimum atomic E-state index is -4.48. The van der Waals surface area contributed by atoms with Crippen LogP contribution in [0.3, 0.4) is 0 Å². The van der Waals surface area contributed by atoms with Crippen molar-refractivity contribution in [1.29, 1.82) is 0 Å². The highest BCUT2D eigenvalue weighted by Crippen LogP contribution is 2.32. The normalized spacial score (nSPS) is 12.7. The van der Waals surface area contributed by atoms with Gasteiger partial charge in [-0.3, -0.25) is 4.79 Å². The van der Waals surface area contributed by atoms with E-state index in [-0.39, 0.29) is 18.2 Å². The van der Waals surface area contributed by atoms with Crippen molar-refractivity contribution in [3.63, 3.8) is 0 Å². The zero-order chi connectivity index (χ0) is 22.8. The summed E-state index contributed by atoms with van der Waals surface area (Å²) in [6.45, 7) is 3.70. The quantitative estimate of drug-likeness (QED) is 0.568. The number of aromatic nitrogens is 4. The molecule has 1 aromatic carbocycles. The van der Waals surface area contributed by atoms with Gasteiger partial charge in [-0.05, 0) is 30.5 Å². The van der Waals surface area contributed by atoms with Crippen molar-refractivity contribution >= 4 is 5.91 Å². The number of hydrogen-bond acceptors (Lipinski definition) is 5. The molecule has 0 fully saturated rings. The summed E-state index contributed by atoms with van der Waals surface area (Å²) in [6.07, 6.45) is -2.94. The Balaban J connectivity index is 1.96. The average molecular weight is 437 g/mol. The van der Waals surface area contributed by atoms with Crippen LogP contribution in [0.5, 0.6) is 5.88 Å². The predicted molar refractivity (Wildman–Crippen MR) is 103 cm³/mol. The van der Waals surface area contributed by atoms with Gasteiger partial charge in [0.2, 0.25) is 5.82 Å². The summed E-state index contributed by atoms with van der Waals surface area (Å²) in [5, 5.41) is 4.02. The summed E-state index contributed by atoms with van der Waals surface area (Å²) in [5.74, 6) is -2.48. The molecule has 3 aromatic rings. The summed E-state index contributed by atoms with van der Waals surface area (Å²) in [4.78, 5) is 19.2. The average Bonchev–Trinajstić information content (AvgIpc) is 3.17. The highest BCUT2D eigenvalue weighted by Gasteiger charge is 2.30. The maximum Gasteiger partial charge on any atom is 0.416 e. The van der Waals surface area contributed by atoms with Gasteiger partial charge in [-0.1, -0.05) is 26.0 Å². The molecule has 7 nitrogen and oxygen atoms in total. The smallest absolute Gasteiger partial charge is 0.416 e. The molecule has 0 aliphatic carbocycles. The molecule has 0 aliphatic heterocycles. The van der Waals surface area contributed by atoms with E-state index in [1.54, 1.807) is 0 Å². The van der Waals surface area contributed by atoms with Crippen LogP contribution in [0.15, 0.2) is 42.9 Å². The number of carbonyl (C=O) groups excluding carboxylic acids is 1. The molecule has 0 aliphatic rings. The molecule has 0 radical (unpaired) electrons. The number of benzene rings is 1. The van der Waals surface area contributed by atoms with Gasteiger partial charge in [0.1, 0.15) is 6.33 Å². The van der Waals surface area contributed by atoms with Gasteiger partial charge in [-0.2, -0.15) is 27.6 Å². The van der Waals surface area contributed by atoms with E-state index < -0.39 is 35.4 Å². The first-order chi connectivity index (χ1) is 14.6. The number of amides is 1. The van der Waals surface area contributed by atoms with Crippen molar-refractivity contribution in [3.8, 4) is 23.0 Å². The molecule has 0 saturated carbocycles.